The molecule has 1 unspecified atom stereocenters. The Morgan fingerprint density at radius 3 is 2.88 bits per heavy atom. The minimum absolute atomic E-state index is 0.0949. The fourth-order valence-corrected chi connectivity index (χ4v) is 1.77. The van der Waals surface area contributed by atoms with E-state index in [0.29, 0.717) is 13.2 Å². The Morgan fingerprint density at radius 1 is 1.47 bits per heavy atom. The molecule has 0 spiro atoms. The Morgan fingerprint density at radius 2 is 2.29 bits per heavy atom. The van der Waals surface area contributed by atoms with Crippen LogP contribution in [0.2, 0.25) is 0 Å². The minimum atomic E-state index is -0.645. The highest BCUT2D eigenvalue weighted by molar-refractivity contribution is 5.97. The SMILES string of the molecule is O=C(NCCN1C(=O)COC1=O)C1CCOC1. The molecule has 0 aromatic heterocycles. The fraction of sp³-hybridized carbons (Fsp3) is 0.700. The van der Waals surface area contributed by atoms with Gasteiger partial charge in [0.2, 0.25) is 5.91 Å². The van der Waals surface area contributed by atoms with E-state index in [1.165, 1.54) is 0 Å². The quantitative estimate of drug-likeness (QED) is 0.691. The maximum Gasteiger partial charge on any atom is 0.417 e. The molecule has 7 nitrogen and oxygen atoms in total. The summed E-state index contributed by atoms with van der Waals surface area (Å²) in [6.07, 6.45) is 0.0738. The van der Waals surface area contributed by atoms with E-state index in [0.717, 1.165) is 11.3 Å². The molecule has 3 amide bonds. The van der Waals surface area contributed by atoms with Crippen LogP contribution in [0.3, 0.4) is 0 Å². The molecule has 94 valence electrons. The Kier molecular flexibility index (Phi) is 3.58. The topological polar surface area (TPSA) is 84.9 Å². The lowest BCUT2D eigenvalue weighted by Crippen LogP contribution is -2.39. The van der Waals surface area contributed by atoms with Gasteiger partial charge in [-0.05, 0) is 6.42 Å². The van der Waals surface area contributed by atoms with Crippen molar-refractivity contribution in [3.63, 3.8) is 0 Å². The molecule has 1 N–H and O–H groups in total. The van der Waals surface area contributed by atoms with Gasteiger partial charge in [-0.1, -0.05) is 0 Å². The number of carbonyl (C=O) groups excluding carboxylic acids is 3. The highest BCUT2D eigenvalue weighted by Crippen LogP contribution is 2.11. The molecule has 0 saturated carbocycles. The second-order valence-corrected chi connectivity index (χ2v) is 3.95. The van der Waals surface area contributed by atoms with E-state index in [1.807, 2.05) is 0 Å². The molecule has 2 rings (SSSR count). The zero-order valence-corrected chi connectivity index (χ0v) is 9.31. The summed E-state index contributed by atoms with van der Waals surface area (Å²) < 4.78 is 9.63. The summed E-state index contributed by atoms with van der Waals surface area (Å²) >= 11 is 0. The molecule has 2 heterocycles. The summed E-state index contributed by atoms with van der Waals surface area (Å²) in [5.41, 5.74) is 0. The highest BCUT2D eigenvalue weighted by Gasteiger charge is 2.30. The second-order valence-electron chi connectivity index (χ2n) is 3.95. The molecular weight excluding hydrogens is 228 g/mol. The smallest absolute Gasteiger partial charge is 0.417 e. The number of cyclic esters (lactones) is 1. The van der Waals surface area contributed by atoms with Crippen molar-refractivity contribution in [2.75, 3.05) is 32.9 Å². The summed E-state index contributed by atoms with van der Waals surface area (Å²) in [6.45, 7) is 1.24. The first-order chi connectivity index (χ1) is 8.18. The molecule has 0 bridgehead atoms. The van der Waals surface area contributed by atoms with E-state index < -0.39 is 6.09 Å². The van der Waals surface area contributed by atoms with E-state index >= 15 is 0 Å². The van der Waals surface area contributed by atoms with Gasteiger partial charge in [-0.15, -0.1) is 0 Å². The zero-order valence-electron chi connectivity index (χ0n) is 9.31. The molecule has 2 aliphatic rings. The largest absolute Gasteiger partial charge is 0.439 e. The van der Waals surface area contributed by atoms with Crippen molar-refractivity contribution in [1.29, 1.82) is 0 Å². The number of hydrogen-bond donors (Lipinski definition) is 1. The molecule has 17 heavy (non-hydrogen) atoms. The van der Waals surface area contributed by atoms with Crippen LogP contribution in [-0.2, 0) is 19.1 Å². The van der Waals surface area contributed by atoms with E-state index in [9.17, 15) is 14.4 Å². The predicted molar refractivity (Wildman–Crippen MR) is 55.0 cm³/mol. The Balaban J connectivity index is 1.70. The molecule has 2 aliphatic heterocycles. The van der Waals surface area contributed by atoms with Crippen LogP contribution in [0.5, 0.6) is 0 Å². The van der Waals surface area contributed by atoms with E-state index in [-0.39, 0.29) is 37.4 Å². The molecule has 0 aliphatic carbocycles. The number of nitrogens with one attached hydrogen (secondary N) is 1. The summed E-state index contributed by atoms with van der Waals surface area (Å²) in [5.74, 6) is -0.577. The van der Waals surface area contributed by atoms with Crippen LogP contribution in [0.25, 0.3) is 0 Å². The van der Waals surface area contributed by atoms with E-state index in [4.69, 9.17) is 4.74 Å². The predicted octanol–water partition coefficient (Wildman–Crippen LogP) is -0.882. The monoisotopic (exact) mass is 242 g/mol. The van der Waals surface area contributed by atoms with Gasteiger partial charge in [-0.3, -0.25) is 9.59 Å². The van der Waals surface area contributed by atoms with Gasteiger partial charge in [0.05, 0.1) is 12.5 Å². The van der Waals surface area contributed by atoms with Gasteiger partial charge in [0.15, 0.2) is 6.61 Å². The van der Waals surface area contributed by atoms with Crippen molar-refractivity contribution >= 4 is 17.9 Å². The third-order valence-corrected chi connectivity index (χ3v) is 2.78. The molecule has 1 atom stereocenters. The molecule has 0 aromatic rings. The highest BCUT2D eigenvalue weighted by atomic mass is 16.6. The maximum atomic E-state index is 11.6. The summed E-state index contributed by atoms with van der Waals surface area (Å²) in [6, 6.07) is 0. The van der Waals surface area contributed by atoms with Crippen LogP contribution < -0.4 is 5.32 Å². The van der Waals surface area contributed by atoms with Crippen LogP contribution in [0, 0.1) is 5.92 Å². The molecule has 2 saturated heterocycles. The molecule has 7 heteroatoms. The first kappa shape index (κ1) is 11.8. The van der Waals surface area contributed by atoms with Crippen LogP contribution in [0.15, 0.2) is 0 Å². The van der Waals surface area contributed by atoms with Crippen LogP contribution in [-0.4, -0.2) is 55.7 Å². The third kappa shape index (κ3) is 2.73. The second kappa shape index (κ2) is 5.13. The van der Waals surface area contributed by atoms with Gasteiger partial charge in [-0.2, -0.15) is 0 Å². The first-order valence-electron chi connectivity index (χ1n) is 5.51. The van der Waals surface area contributed by atoms with Crippen molar-refractivity contribution in [3.05, 3.63) is 0 Å². The van der Waals surface area contributed by atoms with Gasteiger partial charge in [0, 0.05) is 19.7 Å². The Hall–Kier alpha value is -1.63. The van der Waals surface area contributed by atoms with E-state index in [2.05, 4.69) is 10.1 Å². The number of carbonyl (C=O) groups is 3. The Labute approximate surface area is 98.0 Å². The fourth-order valence-electron chi connectivity index (χ4n) is 1.77. The normalized spacial score (nSPS) is 24.0. The third-order valence-electron chi connectivity index (χ3n) is 2.78. The zero-order chi connectivity index (χ0) is 12.3. The number of nitrogens with zero attached hydrogens (tertiary/aromatic N) is 1. The number of amides is 3. The molecule has 0 radical (unpaired) electrons. The minimum Gasteiger partial charge on any atom is -0.439 e. The molecular formula is C10H14N2O5. The molecule has 0 aromatic carbocycles. The Bertz CT molecular complexity index is 322. The standard InChI is InChI=1S/C10H14N2O5/c13-8-6-17-10(15)12(8)3-2-11-9(14)7-1-4-16-5-7/h7H,1-6H2,(H,11,14). The number of ether oxygens (including phenoxy) is 2. The van der Waals surface area contributed by atoms with Crippen molar-refractivity contribution in [2.45, 2.75) is 6.42 Å². The van der Waals surface area contributed by atoms with Crippen LogP contribution in [0.4, 0.5) is 4.79 Å². The number of hydrogen-bond acceptors (Lipinski definition) is 5. The van der Waals surface area contributed by atoms with Gasteiger partial charge in [0.25, 0.3) is 5.91 Å². The van der Waals surface area contributed by atoms with Gasteiger partial charge in [0.1, 0.15) is 0 Å². The summed E-state index contributed by atoms with van der Waals surface area (Å²) in [7, 11) is 0. The number of rotatable bonds is 4. The lowest BCUT2D eigenvalue weighted by atomic mass is 10.1. The van der Waals surface area contributed by atoms with Crippen LogP contribution >= 0.6 is 0 Å². The van der Waals surface area contributed by atoms with Gasteiger partial charge < -0.3 is 14.8 Å². The first-order valence-corrected chi connectivity index (χ1v) is 5.51. The van der Waals surface area contributed by atoms with Crippen molar-refractivity contribution < 1.29 is 23.9 Å². The van der Waals surface area contributed by atoms with Crippen molar-refractivity contribution in [2.24, 2.45) is 5.92 Å². The lowest BCUT2D eigenvalue weighted by molar-refractivity contribution is -0.127. The molecule has 2 fully saturated rings. The van der Waals surface area contributed by atoms with Crippen molar-refractivity contribution in [3.8, 4) is 0 Å². The summed E-state index contributed by atoms with van der Waals surface area (Å²) in [5, 5.41) is 2.67. The van der Waals surface area contributed by atoms with Gasteiger partial charge >= 0.3 is 6.09 Å². The average Bonchev–Trinajstić information content (AvgIpc) is 2.93. The van der Waals surface area contributed by atoms with Crippen LogP contribution in [0.1, 0.15) is 6.42 Å². The van der Waals surface area contributed by atoms with Crippen molar-refractivity contribution in [1.82, 2.24) is 10.2 Å². The van der Waals surface area contributed by atoms with Gasteiger partial charge in [-0.25, -0.2) is 9.69 Å². The maximum absolute atomic E-state index is 11.6. The summed E-state index contributed by atoms with van der Waals surface area (Å²) in [4.78, 5) is 34.8. The average molecular weight is 242 g/mol. The number of imide groups is 1. The van der Waals surface area contributed by atoms with E-state index in [1.54, 1.807) is 0 Å². The lowest BCUT2D eigenvalue weighted by Gasteiger charge is -2.13.